The Hall–Kier alpha value is -2.53. The Bertz CT molecular complexity index is 899. The van der Waals surface area contributed by atoms with Gasteiger partial charge in [0, 0.05) is 17.3 Å². The molecule has 23 heavy (non-hydrogen) atoms. The molecule has 0 spiro atoms. The average molecular weight is 307 g/mol. The highest BCUT2D eigenvalue weighted by Gasteiger charge is 2.18. The maximum atomic E-state index is 11.4. The van der Waals surface area contributed by atoms with Crippen LogP contribution in [0.15, 0.2) is 41.7 Å². The fraction of sp³-hybridized carbons (Fsp3) is 0.278. The fourth-order valence-corrected chi connectivity index (χ4v) is 3.40. The second-order valence-electron chi connectivity index (χ2n) is 5.95. The number of aryl methyl sites for hydroxylation is 2. The van der Waals surface area contributed by atoms with E-state index in [1.165, 1.54) is 24.0 Å². The zero-order valence-corrected chi connectivity index (χ0v) is 12.7. The van der Waals surface area contributed by atoms with Crippen molar-refractivity contribution >= 4 is 11.5 Å². The number of hydrogen-bond donors (Lipinski definition) is 1. The van der Waals surface area contributed by atoms with Crippen LogP contribution >= 0.6 is 0 Å². The van der Waals surface area contributed by atoms with E-state index >= 15 is 0 Å². The van der Waals surface area contributed by atoms with Gasteiger partial charge in [-0.25, -0.2) is 4.98 Å². The number of imidazole rings is 1. The van der Waals surface area contributed by atoms with Crippen molar-refractivity contribution in [2.24, 2.45) is 5.18 Å². The third kappa shape index (κ3) is 2.24. The summed E-state index contributed by atoms with van der Waals surface area (Å²) in [5.41, 5.74) is 5.48. The summed E-state index contributed by atoms with van der Waals surface area (Å²) in [6.07, 6.45) is 6.38. The van der Waals surface area contributed by atoms with E-state index < -0.39 is 0 Å². The summed E-state index contributed by atoms with van der Waals surface area (Å²) in [4.78, 5) is 16.0. The zero-order chi connectivity index (χ0) is 15.8. The van der Waals surface area contributed by atoms with Gasteiger partial charge < -0.3 is 5.11 Å². The lowest BCUT2D eigenvalue weighted by atomic mass is 9.90. The number of nitroso groups, excluding NO2 is 1. The van der Waals surface area contributed by atoms with E-state index in [2.05, 4.69) is 22.3 Å². The first-order valence-electron chi connectivity index (χ1n) is 7.88. The molecule has 0 saturated heterocycles. The third-order valence-corrected chi connectivity index (χ3v) is 4.58. The fourth-order valence-electron chi connectivity index (χ4n) is 3.40. The van der Waals surface area contributed by atoms with Crippen LogP contribution in [0, 0.1) is 4.91 Å². The van der Waals surface area contributed by atoms with Crippen molar-refractivity contribution in [1.29, 1.82) is 0 Å². The molecule has 0 saturated carbocycles. The van der Waals surface area contributed by atoms with Gasteiger partial charge in [0.15, 0.2) is 0 Å². The van der Waals surface area contributed by atoms with Crippen molar-refractivity contribution in [2.75, 3.05) is 0 Å². The molecular weight excluding hydrogens is 290 g/mol. The summed E-state index contributed by atoms with van der Waals surface area (Å²) in [6.45, 7) is -0.122. The lowest BCUT2D eigenvalue weighted by Gasteiger charge is -2.16. The van der Waals surface area contributed by atoms with E-state index in [-0.39, 0.29) is 12.4 Å². The highest BCUT2D eigenvalue weighted by atomic mass is 16.3. The van der Waals surface area contributed by atoms with E-state index in [1.54, 1.807) is 22.7 Å². The Morgan fingerprint density at radius 1 is 1.17 bits per heavy atom. The van der Waals surface area contributed by atoms with Gasteiger partial charge in [0.05, 0.1) is 6.61 Å². The summed E-state index contributed by atoms with van der Waals surface area (Å²) in [7, 11) is 0. The monoisotopic (exact) mass is 307 g/mol. The minimum Gasteiger partial charge on any atom is -0.392 e. The standard InChI is InChI=1S/C18H17N3O2/c22-11-15-6-3-9-21-17(15)19-16(18(21)20-23)14-8-7-12-4-1-2-5-13(12)10-14/h3,6-10,22H,1-2,4-5,11H2. The molecule has 4 rings (SSSR count). The molecule has 5 nitrogen and oxygen atoms in total. The molecule has 3 aromatic rings. The molecule has 0 atom stereocenters. The Labute approximate surface area is 133 Å². The van der Waals surface area contributed by atoms with Gasteiger partial charge >= 0.3 is 0 Å². The first kappa shape index (κ1) is 14.1. The molecular formula is C18H17N3O2. The van der Waals surface area contributed by atoms with E-state index in [9.17, 15) is 10.0 Å². The topological polar surface area (TPSA) is 67.0 Å². The van der Waals surface area contributed by atoms with Gasteiger partial charge in [-0.15, -0.1) is 4.91 Å². The van der Waals surface area contributed by atoms with Crippen LogP contribution in [-0.4, -0.2) is 14.5 Å². The molecule has 1 aliphatic carbocycles. The maximum Gasteiger partial charge on any atom is 0.209 e. The molecule has 2 aromatic heterocycles. The number of hydrogen-bond acceptors (Lipinski definition) is 4. The van der Waals surface area contributed by atoms with Gasteiger partial charge in [-0.3, -0.25) is 4.40 Å². The zero-order valence-electron chi connectivity index (χ0n) is 12.7. The number of nitrogens with zero attached hydrogens (tertiary/aromatic N) is 3. The number of rotatable bonds is 3. The van der Waals surface area contributed by atoms with Crippen LogP contribution in [0.5, 0.6) is 0 Å². The van der Waals surface area contributed by atoms with Crippen LogP contribution in [0.1, 0.15) is 29.5 Å². The van der Waals surface area contributed by atoms with Gasteiger partial charge in [-0.2, -0.15) is 0 Å². The predicted molar refractivity (Wildman–Crippen MR) is 88.6 cm³/mol. The second-order valence-corrected chi connectivity index (χ2v) is 5.95. The number of pyridine rings is 1. The normalized spacial score (nSPS) is 14.0. The van der Waals surface area contributed by atoms with Crippen LogP contribution in [0.4, 0.5) is 5.82 Å². The summed E-state index contributed by atoms with van der Waals surface area (Å²) in [5.74, 6) is 0.283. The van der Waals surface area contributed by atoms with Gasteiger partial charge in [0.2, 0.25) is 5.82 Å². The van der Waals surface area contributed by atoms with E-state index in [1.807, 2.05) is 6.07 Å². The smallest absolute Gasteiger partial charge is 0.209 e. The molecule has 0 unspecified atom stereocenters. The summed E-state index contributed by atoms with van der Waals surface area (Å²) >= 11 is 0. The largest absolute Gasteiger partial charge is 0.392 e. The molecule has 1 aliphatic rings. The van der Waals surface area contributed by atoms with E-state index in [4.69, 9.17) is 0 Å². The van der Waals surface area contributed by atoms with E-state index in [0.717, 1.165) is 18.4 Å². The highest BCUT2D eigenvalue weighted by Crippen LogP contribution is 2.34. The van der Waals surface area contributed by atoms with Crippen LogP contribution in [0.3, 0.4) is 0 Å². The van der Waals surface area contributed by atoms with E-state index in [0.29, 0.717) is 16.9 Å². The Balaban J connectivity index is 1.93. The lowest BCUT2D eigenvalue weighted by Crippen LogP contribution is -2.02. The summed E-state index contributed by atoms with van der Waals surface area (Å²) < 4.78 is 1.65. The number of aromatic nitrogens is 2. The number of benzene rings is 1. The van der Waals surface area contributed by atoms with Crippen molar-refractivity contribution < 1.29 is 5.11 Å². The van der Waals surface area contributed by atoms with Gasteiger partial charge in [0.25, 0.3) is 0 Å². The van der Waals surface area contributed by atoms with Gasteiger partial charge in [0.1, 0.15) is 11.3 Å². The highest BCUT2D eigenvalue weighted by molar-refractivity contribution is 5.76. The molecule has 5 heteroatoms. The molecule has 2 heterocycles. The Morgan fingerprint density at radius 2 is 2.00 bits per heavy atom. The molecule has 1 N–H and O–H groups in total. The van der Waals surface area contributed by atoms with Crippen LogP contribution in [0.2, 0.25) is 0 Å². The summed E-state index contributed by atoms with van der Waals surface area (Å²) in [6, 6.07) is 9.86. The lowest BCUT2D eigenvalue weighted by molar-refractivity contribution is 0.282. The first-order valence-corrected chi connectivity index (χ1v) is 7.88. The molecule has 0 radical (unpaired) electrons. The molecule has 0 amide bonds. The quantitative estimate of drug-likeness (QED) is 0.749. The summed E-state index contributed by atoms with van der Waals surface area (Å²) in [5, 5.41) is 12.7. The first-order chi connectivity index (χ1) is 11.3. The SMILES string of the molecule is O=Nc1c(-c2ccc3c(c2)CCCC3)nc2c(CO)cccn12. The molecule has 0 fully saturated rings. The van der Waals surface area contributed by atoms with Crippen molar-refractivity contribution in [3.05, 3.63) is 58.1 Å². The molecule has 116 valence electrons. The van der Waals surface area contributed by atoms with Crippen molar-refractivity contribution in [2.45, 2.75) is 32.3 Å². The van der Waals surface area contributed by atoms with Gasteiger partial charge in [-0.05, 0) is 54.1 Å². The van der Waals surface area contributed by atoms with Crippen LogP contribution < -0.4 is 0 Å². The number of aliphatic hydroxyl groups excluding tert-OH is 1. The van der Waals surface area contributed by atoms with Crippen molar-refractivity contribution in [3.8, 4) is 11.3 Å². The minimum atomic E-state index is -0.122. The van der Waals surface area contributed by atoms with Crippen molar-refractivity contribution in [1.82, 2.24) is 9.38 Å². The minimum absolute atomic E-state index is 0.122. The predicted octanol–water partition coefficient (Wildman–Crippen LogP) is 3.77. The average Bonchev–Trinajstić information content (AvgIpc) is 2.99. The van der Waals surface area contributed by atoms with Gasteiger partial charge in [-0.1, -0.05) is 18.2 Å². The Kier molecular flexibility index (Phi) is 3.42. The van der Waals surface area contributed by atoms with Crippen LogP contribution in [-0.2, 0) is 19.4 Å². The molecule has 0 bridgehead atoms. The second kappa shape index (κ2) is 5.59. The molecule has 1 aromatic carbocycles. The number of aliphatic hydroxyl groups is 1. The molecule has 0 aliphatic heterocycles. The number of fused-ring (bicyclic) bond motifs is 2. The third-order valence-electron chi connectivity index (χ3n) is 4.58. The van der Waals surface area contributed by atoms with Crippen LogP contribution in [0.25, 0.3) is 16.9 Å². The maximum absolute atomic E-state index is 11.4. The Morgan fingerprint density at radius 3 is 2.78 bits per heavy atom. The van der Waals surface area contributed by atoms with Crippen molar-refractivity contribution in [3.63, 3.8) is 0 Å².